The highest BCUT2D eigenvalue weighted by Crippen LogP contribution is 2.38. The number of benzene rings is 3. The molecule has 4 aromatic rings. The molecule has 2 aliphatic rings. The predicted molar refractivity (Wildman–Crippen MR) is 164 cm³/mol. The number of aromatic carboxylic acids is 1. The first-order chi connectivity index (χ1) is 20.7. The second-order valence-electron chi connectivity index (χ2n) is 11.0. The number of phenols is 1. The third-order valence-electron chi connectivity index (χ3n) is 8.06. The lowest BCUT2D eigenvalue weighted by Crippen LogP contribution is -2.46. The molecule has 2 heterocycles. The highest BCUT2D eigenvalue weighted by molar-refractivity contribution is 6.32. The number of pyridine rings is 1. The van der Waals surface area contributed by atoms with Crippen molar-refractivity contribution in [1.82, 2.24) is 9.47 Å². The van der Waals surface area contributed by atoms with Gasteiger partial charge in [0.15, 0.2) is 5.78 Å². The van der Waals surface area contributed by atoms with Crippen molar-refractivity contribution < 1.29 is 24.2 Å². The number of rotatable bonds is 8. The molecule has 1 aromatic heterocycles. The van der Waals surface area contributed by atoms with Crippen LogP contribution >= 0.6 is 11.6 Å². The van der Waals surface area contributed by atoms with Crippen LogP contribution in [0.15, 0.2) is 71.7 Å². The fourth-order valence-corrected chi connectivity index (χ4v) is 5.73. The standard InChI is InChI=1S/C33H29ClFN3O5/c34-26-4-2-1-3-20(26)5-9-30(39)21-6-10-31(40)22(15-21)18-36-11-13-37(14-12-36)29-17-28-24(16-27(29)35)32(41)25(33(42)43)19-38(28)23-7-8-23/h1-6,9-10,15-17,19,23,40H,7-8,11-14,18H2,(H,42,43)/b9-5+. The number of hydrogen-bond donors (Lipinski definition) is 2. The summed E-state index contributed by atoms with van der Waals surface area (Å²) in [5.74, 6) is -2.01. The van der Waals surface area contributed by atoms with E-state index in [1.165, 1.54) is 18.3 Å². The topological polar surface area (TPSA) is 103 Å². The Bertz CT molecular complexity index is 1840. The van der Waals surface area contributed by atoms with Crippen LogP contribution in [0, 0.1) is 5.82 Å². The Hall–Kier alpha value is -4.47. The Morgan fingerprint density at radius 2 is 1.77 bits per heavy atom. The van der Waals surface area contributed by atoms with Crippen molar-refractivity contribution in [2.75, 3.05) is 31.1 Å². The summed E-state index contributed by atoms with van der Waals surface area (Å²) in [6.45, 7) is 2.57. The number of carboxylic acid groups (broad SMARTS) is 1. The fourth-order valence-electron chi connectivity index (χ4n) is 5.53. The molecule has 2 N–H and O–H groups in total. The van der Waals surface area contributed by atoms with Gasteiger partial charge >= 0.3 is 5.97 Å². The normalized spacial score (nSPS) is 15.8. The van der Waals surface area contributed by atoms with Crippen LogP contribution in [0.1, 0.15) is 50.7 Å². The van der Waals surface area contributed by atoms with Crippen LogP contribution in [0.5, 0.6) is 5.75 Å². The van der Waals surface area contributed by atoms with Crippen LogP contribution < -0.4 is 10.3 Å². The van der Waals surface area contributed by atoms with Gasteiger partial charge in [-0.25, -0.2) is 9.18 Å². The number of hydrogen-bond acceptors (Lipinski definition) is 6. The van der Waals surface area contributed by atoms with Crippen molar-refractivity contribution in [2.24, 2.45) is 0 Å². The number of halogens is 2. The monoisotopic (exact) mass is 601 g/mol. The molecule has 3 aromatic carbocycles. The van der Waals surface area contributed by atoms with E-state index in [0.29, 0.717) is 60.1 Å². The number of allylic oxidation sites excluding steroid dienone is 1. The largest absolute Gasteiger partial charge is 0.508 e. The minimum atomic E-state index is -1.32. The van der Waals surface area contributed by atoms with Gasteiger partial charge in [0.05, 0.1) is 11.2 Å². The van der Waals surface area contributed by atoms with Crippen molar-refractivity contribution in [3.8, 4) is 5.75 Å². The fraction of sp³-hybridized carbons (Fsp3) is 0.242. The molecule has 6 rings (SSSR count). The van der Waals surface area contributed by atoms with E-state index in [4.69, 9.17) is 11.6 Å². The molecule has 0 radical (unpaired) electrons. The SMILES string of the molecule is O=C(/C=C/c1ccccc1Cl)c1ccc(O)c(CN2CCN(c3cc4c(cc3F)c(=O)c(C(=O)O)cn4C3CC3)CC2)c1. The summed E-state index contributed by atoms with van der Waals surface area (Å²) >= 11 is 6.18. The molecule has 1 aliphatic heterocycles. The molecule has 220 valence electrons. The number of anilines is 1. The first kappa shape index (κ1) is 28.6. The number of aromatic hydroxyl groups is 1. The van der Waals surface area contributed by atoms with E-state index in [1.54, 1.807) is 34.9 Å². The number of nitrogens with zero attached hydrogens (tertiary/aromatic N) is 3. The molecular formula is C33H29ClFN3O5. The molecule has 10 heteroatoms. The average Bonchev–Trinajstić information content (AvgIpc) is 3.84. The molecule has 8 nitrogen and oxygen atoms in total. The zero-order chi connectivity index (χ0) is 30.2. The molecule has 1 saturated heterocycles. The van der Waals surface area contributed by atoms with Gasteiger partial charge in [0.1, 0.15) is 17.1 Å². The smallest absolute Gasteiger partial charge is 0.341 e. The Morgan fingerprint density at radius 1 is 1.02 bits per heavy atom. The van der Waals surface area contributed by atoms with Gasteiger partial charge < -0.3 is 19.7 Å². The molecule has 0 amide bonds. The number of carboxylic acids is 1. The number of ketones is 1. The second-order valence-corrected chi connectivity index (χ2v) is 11.4. The number of phenolic OH excluding ortho intramolecular Hbond substituents is 1. The minimum absolute atomic E-state index is 0.0679. The number of carbonyl (C=O) groups is 2. The van der Waals surface area contributed by atoms with Crippen molar-refractivity contribution in [3.05, 3.63) is 110 Å². The van der Waals surface area contributed by atoms with E-state index in [2.05, 4.69) is 4.90 Å². The summed E-state index contributed by atoms with van der Waals surface area (Å²) in [5.41, 5.74) is 1.65. The maximum absolute atomic E-state index is 15.3. The second kappa shape index (κ2) is 11.7. The number of carbonyl (C=O) groups excluding carboxylic acids is 1. The number of piperazine rings is 1. The van der Waals surface area contributed by atoms with Gasteiger partial charge in [-0.3, -0.25) is 14.5 Å². The molecule has 0 spiro atoms. The first-order valence-electron chi connectivity index (χ1n) is 14.1. The van der Waals surface area contributed by atoms with Crippen LogP contribution in [0.2, 0.25) is 5.02 Å². The van der Waals surface area contributed by atoms with Crippen LogP contribution in [0.4, 0.5) is 10.1 Å². The number of aromatic nitrogens is 1. The summed E-state index contributed by atoms with van der Waals surface area (Å²) < 4.78 is 17.1. The Balaban J connectivity index is 1.17. The lowest BCUT2D eigenvalue weighted by Gasteiger charge is -2.36. The molecule has 2 fully saturated rings. The first-order valence-corrected chi connectivity index (χ1v) is 14.4. The van der Waals surface area contributed by atoms with Crippen molar-refractivity contribution in [2.45, 2.75) is 25.4 Å². The Labute approximate surface area is 251 Å². The highest BCUT2D eigenvalue weighted by Gasteiger charge is 2.28. The van der Waals surface area contributed by atoms with E-state index < -0.39 is 17.2 Å². The Kier molecular flexibility index (Phi) is 7.77. The molecule has 0 bridgehead atoms. The van der Waals surface area contributed by atoms with E-state index in [9.17, 15) is 24.6 Å². The highest BCUT2D eigenvalue weighted by atomic mass is 35.5. The van der Waals surface area contributed by atoms with Crippen LogP contribution in [-0.2, 0) is 6.54 Å². The third kappa shape index (κ3) is 5.91. The van der Waals surface area contributed by atoms with Crippen LogP contribution in [-0.4, -0.2) is 57.6 Å². The van der Waals surface area contributed by atoms with Gasteiger partial charge in [-0.2, -0.15) is 0 Å². The minimum Gasteiger partial charge on any atom is -0.508 e. The summed E-state index contributed by atoms with van der Waals surface area (Å²) in [6.07, 6.45) is 6.25. The number of fused-ring (bicyclic) bond motifs is 1. The molecular weight excluding hydrogens is 573 g/mol. The quantitative estimate of drug-likeness (QED) is 0.196. The molecule has 43 heavy (non-hydrogen) atoms. The van der Waals surface area contributed by atoms with Crippen molar-refractivity contribution >= 4 is 46.0 Å². The maximum atomic E-state index is 15.3. The molecule has 0 atom stereocenters. The van der Waals surface area contributed by atoms with Crippen LogP contribution in [0.25, 0.3) is 17.0 Å². The van der Waals surface area contributed by atoms with E-state index in [1.807, 2.05) is 23.1 Å². The zero-order valence-corrected chi connectivity index (χ0v) is 23.9. The van der Waals surface area contributed by atoms with Gasteiger partial charge in [-0.1, -0.05) is 29.8 Å². The molecule has 0 unspecified atom stereocenters. The van der Waals surface area contributed by atoms with Crippen molar-refractivity contribution in [3.63, 3.8) is 0 Å². The predicted octanol–water partition coefficient (Wildman–Crippen LogP) is 5.75. The van der Waals surface area contributed by atoms with E-state index >= 15 is 4.39 Å². The van der Waals surface area contributed by atoms with Gasteiger partial charge in [-0.15, -0.1) is 0 Å². The third-order valence-corrected chi connectivity index (χ3v) is 8.41. The van der Waals surface area contributed by atoms with Crippen LogP contribution in [0.3, 0.4) is 0 Å². The maximum Gasteiger partial charge on any atom is 0.341 e. The lowest BCUT2D eigenvalue weighted by atomic mass is 10.0. The van der Waals surface area contributed by atoms with E-state index in [0.717, 1.165) is 24.5 Å². The summed E-state index contributed by atoms with van der Waals surface area (Å²) in [4.78, 5) is 41.3. The summed E-state index contributed by atoms with van der Waals surface area (Å²) in [6, 6.07) is 14.9. The van der Waals surface area contributed by atoms with Gasteiger partial charge in [0.25, 0.3) is 0 Å². The van der Waals surface area contributed by atoms with Gasteiger partial charge in [-0.05, 0) is 67.0 Å². The zero-order valence-electron chi connectivity index (χ0n) is 23.2. The Morgan fingerprint density at radius 3 is 2.47 bits per heavy atom. The summed E-state index contributed by atoms with van der Waals surface area (Å²) in [7, 11) is 0. The lowest BCUT2D eigenvalue weighted by molar-refractivity contribution is 0.0694. The molecule has 1 saturated carbocycles. The molecule has 1 aliphatic carbocycles. The van der Waals surface area contributed by atoms with E-state index in [-0.39, 0.29) is 28.5 Å². The van der Waals surface area contributed by atoms with Gasteiger partial charge in [0, 0.05) is 66.5 Å². The summed E-state index contributed by atoms with van der Waals surface area (Å²) in [5, 5.41) is 20.6. The average molecular weight is 602 g/mol. The van der Waals surface area contributed by atoms with Gasteiger partial charge in [0.2, 0.25) is 5.43 Å². The van der Waals surface area contributed by atoms with Crippen molar-refractivity contribution in [1.29, 1.82) is 0 Å².